The molecular weight excluding hydrogens is 310 g/mol. The topological polar surface area (TPSA) is 35.6 Å². The highest BCUT2D eigenvalue weighted by molar-refractivity contribution is 5.74. The summed E-state index contributed by atoms with van der Waals surface area (Å²) in [4.78, 5) is 16.5. The van der Waals surface area contributed by atoms with Gasteiger partial charge in [0.25, 0.3) is 0 Å². The third kappa shape index (κ3) is 4.60. The molecule has 4 nitrogen and oxygen atoms in total. The summed E-state index contributed by atoms with van der Waals surface area (Å²) >= 11 is 0. The van der Waals surface area contributed by atoms with Crippen LogP contribution in [0.5, 0.6) is 0 Å². The third-order valence-corrected chi connectivity index (χ3v) is 4.87. The van der Waals surface area contributed by atoms with Crippen molar-refractivity contribution in [2.45, 2.75) is 25.9 Å². The van der Waals surface area contributed by atoms with E-state index in [-0.39, 0.29) is 12.1 Å². The average molecular weight is 337 g/mol. The van der Waals surface area contributed by atoms with Crippen LogP contribution in [0.3, 0.4) is 0 Å². The van der Waals surface area contributed by atoms with Crippen molar-refractivity contribution in [2.75, 3.05) is 26.7 Å². The zero-order valence-corrected chi connectivity index (χ0v) is 15.1. The lowest BCUT2D eigenvalue weighted by atomic mass is 10.0. The molecule has 3 rings (SSSR count). The number of carbonyl (C=O) groups is 1. The first-order chi connectivity index (χ1) is 12.2. The van der Waals surface area contributed by atoms with Gasteiger partial charge in [0.2, 0.25) is 0 Å². The minimum absolute atomic E-state index is 0.00934. The zero-order chi connectivity index (χ0) is 17.6. The summed E-state index contributed by atoms with van der Waals surface area (Å²) in [6.07, 6.45) is 1.04. The van der Waals surface area contributed by atoms with E-state index in [1.807, 2.05) is 25.2 Å². The lowest BCUT2D eigenvalue weighted by molar-refractivity contribution is 0.202. The summed E-state index contributed by atoms with van der Waals surface area (Å²) in [6.45, 7) is 5.87. The molecule has 25 heavy (non-hydrogen) atoms. The van der Waals surface area contributed by atoms with Crippen LogP contribution in [-0.4, -0.2) is 48.6 Å². The molecule has 0 spiro atoms. The number of nitrogens with one attached hydrogen (secondary N) is 1. The Hall–Kier alpha value is -2.33. The molecule has 1 heterocycles. The predicted molar refractivity (Wildman–Crippen MR) is 102 cm³/mol. The molecule has 1 atom stereocenters. The fourth-order valence-electron chi connectivity index (χ4n) is 3.30. The van der Waals surface area contributed by atoms with E-state index in [0.717, 1.165) is 31.6 Å². The van der Waals surface area contributed by atoms with Crippen LogP contribution >= 0.6 is 0 Å². The van der Waals surface area contributed by atoms with Gasteiger partial charge in [-0.05, 0) is 29.7 Å². The number of rotatable bonds is 5. The van der Waals surface area contributed by atoms with E-state index >= 15 is 0 Å². The van der Waals surface area contributed by atoms with Crippen LogP contribution in [0, 0.1) is 0 Å². The van der Waals surface area contributed by atoms with Gasteiger partial charge in [0.1, 0.15) is 0 Å². The normalized spacial score (nSPS) is 17.4. The Morgan fingerprint density at radius 1 is 1.12 bits per heavy atom. The highest BCUT2D eigenvalue weighted by Gasteiger charge is 2.23. The van der Waals surface area contributed by atoms with Crippen molar-refractivity contribution in [1.82, 2.24) is 15.1 Å². The van der Waals surface area contributed by atoms with Crippen molar-refractivity contribution in [3.8, 4) is 11.1 Å². The molecule has 2 aromatic rings. The van der Waals surface area contributed by atoms with Gasteiger partial charge >= 0.3 is 6.03 Å². The number of benzene rings is 2. The van der Waals surface area contributed by atoms with Crippen LogP contribution in [0.15, 0.2) is 54.6 Å². The maximum atomic E-state index is 12.4. The average Bonchev–Trinajstić information content (AvgIpc) is 3.10. The lowest BCUT2D eigenvalue weighted by Gasteiger charge is -2.21. The maximum Gasteiger partial charge on any atom is 0.317 e. The van der Waals surface area contributed by atoms with Crippen molar-refractivity contribution in [1.29, 1.82) is 0 Å². The van der Waals surface area contributed by atoms with Crippen molar-refractivity contribution < 1.29 is 4.79 Å². The second-order valence-electron chi connectivity index (χ2n) is 6.75. The van der Waals surface area contributed by atoms with Crippen LogP contribution in [0.4, 0.5) is 4.79 Å². The smallest absolute Gasteiger partial charge is 0.317 e. The molecule has 0 bridgehead atoms. The van der Waals surface area contributed by atoms with Crippen LogP contribution in [0.2, 0.25) is 0 Å². The molecule has 0 saturated carbocycles. The Morgan fingerprint density at radius 2 is 1.80 bits per heavy atom. The molecule has 0 radical (unpaired) electrons. The van der Waals surface area contributed by atoms with E-state index in [1.54, 1.807) is 4.90 Å². The summed E-state index contributed by atoms with van der Waals surface area (Å²) in [6, 6.07) is 19.0. The molecule has 0 aliphatic carbocycles. The Balaban J connectivity index is 1.54. The Labute approximate surface area is 150 Å². The van der Waals surface area contributed by atoms with Gasteiger partial charge in [0.15, 0.2) is 0 Å². The third-order valence-electron chi connectivity index (χ3n) is 4.87. The summed E-state index contributed by atoms with van der Waals surface area (Å²) < 4.78 is 0. The van der Waals surface area contributed by atoms with Crippen molar-refractivity contribution >= 4 is 6.03 Å². The van der Waals surface area contributed by atoms with Gasteiger partial charge in [-0.25, -0.2) is 4.79 Å². The number of carbonyl (C=O) groups excluding carboxylic acids is 1. The quantitative estimate of drug-likeness (QED) is 0.905. The lowest BCUT2D eigenvalue weighted by Crippen LogP contribution is -2.43. The van der Waals surface area contributed by atoms with E-state index in [4.69, 9.17) is 0 Å². The highest BCUT2D eigenvalue weighted by atomic mass is 16.2. The number of likely N-dealkylation sites (N-methyl/N-ethyl adjacent to an activating group) is 1. The van der Waals surface area contributed by atoms with Crippen LogP contribution in [-0.2, 0) is 6.54 Å². The van der Waals surface area contributed by atoms with Gasteiger partial charge in [0.05, 0.1) is 0 Å². The minimum atomic E-state index is 0.00934. The molecule has 0 unspecified atom stereocenters. The molecule has 1 aliphatic rings. The van der Waals surface area contributed by atoms with Crippen molar-refractivity contribution in [3.63, 3.8) is 0 Å². The number of hydrogen-bond donors (Lipinski definition) is 1. The van der Waals surface area contributed by atoms with Gasteiger partial charge < -0.3 is 15.1 Å². The summed E-state index contributed by atoms with van der Waals surface area (Å²) in [5.74, 6) is 0. The SMILES string of the molecule is CCN1CC[C@H](NC(=O)N(C)Cc2ccc(-c3ccccc3)cc2)C1. The Kier molecular flexibility index (Phi) is 5.71. The molecule has 4 heteroatoms. The minimum Gasteiger partial charge on any atom is -0.334 e. The van der Waals surface area contributed by atoms with Crippen LogP contribution < -0.4 is 5.32 Å². The maximum absolute atomic E-state index is 12.4. The molecule has 1 aliphatic heterocycles. The molecule has 0 aromatic heterocycles. The highest BCUT2D eigenvalue weighted by Crippen LogP contribution is 2.19. The van der Waals surface area contributed by atoms with E-state index in [2.05, 4.69) is 53.5 Å². The first-order valence-electron chi connectivity index (χ1n) is 9.04. The first-order valence-corrected chi connectivity index (χ1v) is 9.04. The van der Waals surface area contributed by atoms with Gasteiger partial charge in [-0.1, -0.05) is 61.5 Å². The van der Waals surface area contributed by atoms with Gasteiger partial charge in [-0.2, -0.15) is 0 Å². The predicted octanol–water partition coefficient (Wildman–Crippen LogP) is 3.59. The number of likely N-dealkylation sites (tertiary alicyclic amines) is 1. The fourth-order valence-corrected chi connectivity index (χ4v) is 3.30. The molecule has 2 amide bonds. The van der Waals surface area contributed by atoms with Gasteiger partial charge in [-0.3, -0.25) is 0 Å². The van der Waals surface area contributed by atoms with E-state index in [1.165, 1.54) is 11.1 Å². The molecule has 132 valence electrons. The number of hydrogen-bond acceptors (Lipinski definition) is 2. The van der Waals surface area contributed by atoms with Crippen LogP contribution in [0.1, 0.15) is 18.9 Å². The summed E-state index contributed by atoms with van der Waals surface area (Å²) in [5.41, 5.74) is 3.54. The Morgan fingerprint density at radius 3 is 2.44 bits per heavy atom. The largest absolute Gasteiger partial charge is 0.334 e. The zero-order valence-electron chi connectivity index (χ0n) is 15.1. The standard InChI is InChI=1S/C21H27N3O/c1-3-24-14-13-20(16-24)22-21(25)23(2)15-17-9-11-19(12-10-17)18-7-5-4-6-8-18/h4-12,20H,3,13-16H2,1-2H3,(H,22,25)/t20-/m0/s1. The molecule has 1 saturated heterocycles. The van der Waals surface area contributed by atoms with Gasteiger partial charge in [0, 0.05) is 32.7 Å². The monoisotopic (exact) mass is 337 g/mol. The fraction of sp³-hybridized carbons (Fsp3) is 0.381. The summed E-state index contributed by atoms with van der Waals surface area (Å²) in [5, 5.41) is 3.15. The molecule has 1 fully saturated rings. The van der Waals surface area contributed by atoms with E-state index in [9.17, 15) is 4.79 Å². The first kappa shape index (κ1) is 17.5. The van der Waals surface area contributed by atoms with Crippen LogP contribution in [0.25, 0.3) is 11.1 Å². The molecule has 2 aromatic carbocycles. The number of amides is 2. The van der Waals surface area contributed by atoms with Crippen molar-refractivity contribution in [2.24, 2.45) is 0 Å². The second kappa shape index (κ2) is 8.17. The van der Waals surface area contributed by atoms with Crippen molar-refractivity contribution in [3.05, 3.63) is 60.2 Å². The second-order valence-corrected chi connectivity index (χ2v) is 6.75. The number of urea groups is 1. The van der Waals surface area contributed by atoms with Gasteiger partial charge in [-0.15, -0.1) is 0 Å². The number of nitrogens with zero attached hydrogens (tertiary/aromatic N) is 2. The van der Waals surface area contributed by atoms with E-state index < -0.39 is 0 Å². The summed E-state index contributed by atoms with van der Waals surface area (Å²) in [7, 11) is 1.85. The van der Waals surface area contributed by atoms with E-state index in [0.29, 0.717) is 6.54 Å². The molecule has 1 N–H and O–H groups in total. The molecular formula is C21H27N3O. The Bertz CT molecular complexity index is 684.